The standard InChI is InChI=1S/C24H28N2O5.H2O/c1-17(2)13-20(22(28)15-27)25-23(29)21(14-18-9-5-3-6-10-18)26-24(30)31-16-19-11-7-4-8-12-19;/h3-12,15,17,20-21H,13-14,16H2,1-2H3,(H,25,29)(H,26,30);1H2. The number of ether oxygens (including phenoxy) is 1. The fourth-order valence-electron chi connectivity index (χ4n) is 3.04. The van der Waals surface area contributed by atoms with Gasteiger partial charge in [0.05, 0.1) is 6.04 Å². The maximum atomic E-state index is 12.9. The van der Waals surface area contributed by atoms with Crippen LogP contribution in [0, 0.1) is 5.92 Å². The van der Waals surface area contributed by atoms with E-state index in [0.717, 1.165) is 11.1 Å². The van der Waals surface area contributed by atoms with Gasteiger partial charge in [0.15, 0.2) is 6.29 Å². The van der Waals surface area contributed by atoms with Crippen LogP contribution >= 0.6 is 0 Å². The molecule has 0 heterocycles. The van der Waals surface area contributed by atoms with Crippen LogP contribution in [0.2, 0.25) is 0 Å². The fourth-order valence-corrected chi connectivity index (χ4v) is 3.04. The molecule has 0 aromatic heterocycles. The molecule has 0 aliphatic rings. The Morgan fingerprint density at radius 1 is 0.875 bits per heavy atom. The molecular weight excluding hydrogens is 412 g/mol. The van der Waals surface area contributed by atoms with Gasteiger partial charge in [0.2, 0.25) is 11.7 Å². The van der Waals surface area contributed by atoms with E-state index in [1.54, 1.807) is 0 Å². The van der Waals surface area contributed by atoms with Crippen molar-refractivity contribution in [3.05, 3.63) is 71.8 Å². The van der Waals surface area contributed by atoms with Crippen LogP contribution in [-0.4, -0.2) is 41.6 Å². The second-order valence-corrected chi connectivity index (χ2v) is 7.66. The molecular formula is C24H30N2O6. The number of carbonyl (C=O) groups is 4. The molecule has 2 aromatic rings. The molecule has 0 spiro atoms. The molecule has 2 unspecified atom stereocenters. The largest absolute Gasteiger partial charge is 0.445 e. The van der Waals surface area contributed by atoms with Gasteiger partial charge in [0, 0.05) is 6.42 Å². The third-order valence-electron chi connectivity index (χ3n) is 4.59. The third kappa shape index (κ3) is 9.09. The minimum absolute atomic E-state index is 0. The summed E-state index contributed by atoms with van der Waals surface area (Å²) in [4.78, 5) is 48.2. The van der Waals surface area contributed by atoms with Gasteiger partial charge in [-0.25, -0.2) is 4.79 Å². The fraction of sp³-hybridized carbons (Fsp3) is 0.333. The minimum Gasteiger partial charge on any atom is -0.445 e. The van der Waals surface area contributed by atoms with Crippen LogP contribution in [0.5, 0.6) is 0 Å². The van der Waals surface area contributed by atoms with E-state index in [4.69, 9.17) is 4.74 Å². The zero-order valence-corrected chi connectivity index (χ0v) is 18.2. The van der Waals surface area contributed by atoms with E-state index in [1.807, 2.05) is 74.5 Å². The molecule has 32 heavy (non-hydrogen) atoms. The molecule has 2 rings (SSSR count). The number of Topliss-reactive ketones (excluding diaryl/α,β-unsaturated/α-hetero) is 1. The summed E-state index contributed by atoms with van der Waals surface area (Å²) in [5.41, 5.74) is 1.64. The summed E-state index contributed by atoms with van der Waals surface area (Å²) < 4.78 is 5.23. The van der Waals surface area contributed by atoms with E-state index >= 15 is 0 Å². The lowest BCUT2D eigenvalue weighted by Gasteiger charge is -2.23. The smallest absolute Gasteiger partial charge is 0.408 e. The Morgan fingerprint density at radius 3 is 1.97 bits per heavy atom. The molecule has 0 bridgehead atoms. The number of carbonyl (C=O) groups excluding carboxylic acids is 4. The van der Waals surface area contributed by atoms with E-state index in [0.29, 0.717) is 6.42 Å². The van der Waals surface area contributed by atoms with E-state index in [2.05, 4.69) is 10.6 Å². The van der Waals surface area contributed by atoms with Crippen molar-refractivity contribution in [2.75, 3.05) is 0 Å². The van der Waals surface area contributed by atoms with E-state index in [1.165, 1.54) is 0 Å². The van der Waals surface area contributed by atoms with Gasteiger partial charge in [-0.15, -0.1) is 0 Å². The predicted molar refractivity (Wildman–Crippen MR) is 120 cm³/mol. The number of rotatable bonds is 11. The Morgan fingerprint density at radius 2 is 1.44 bits per heavy atom. The zero-order valence-electron chi connectivity index (χ0n) is 18.2. The van der Waals surface area contributed by atoms with Crippen LogP contribution in [0.25, 0.3) is 0 Å². The van der Waals surface area contributed by atoms with Crippen molar-refractivity contribution in [1.82, 2.24) is 10.6 Å². The number of amides is 2. The Balaban J connectivity index is 0.00000512. The van der Waals surface area contributed by atoms with Crippen LogP contribution < -0.4 is 10.6 Å². The molecule has 172 valence electrons. The van der Waals surface area contributed by atoms with Gasteiger partial charge in [-0.3, -0.25) is 14.4 Å². The first-order chi connectivity index (χ1) is 14.9. The number of alkyl carbamates (subject to hydrolysis) is 1. The van der Waals surface area contributed by atoms with E-state index in [9.17, 15) is 19.2 Å². The molecule has 0 fully saturated rings. The molecule has 2 amide bonds. The number of hydrogen-bond donors (Lipinski definition) is 2. The number of nitrogens with one attached hydrogen (secondary N) is 2. The van der Waals surface area contributed by atoms with Crippen molar-refractivity contribution in [3.8, 4) is 0 Å². The van der Waals surface area contributed by atoms with Crippen LogP contribution in [0.15, 0.2) is 60.7 Å². The molecule has 2 atom stereocenters. The van der Waals surface area contributed by atoms with Crippen LogP contribution in [-0.2, 0) is 32.1 Å². The molecule has 0 aliphatic carbocycles. The Labute approximate surface area is 187 Å². The first-order valence-corrected chi connectivity index (χ1v) is 10.2. The normalized spacial score (nSPS) is 12.1. The van der Waals surface area contributed by atoms with Crippen molar-refractivity contribution in [3.63, 3.8) is 0 Å². The number of benzene rings is 2. The lowest BCUT2D eigenvalue weighted by molar-refractivity contribution is -0.134. The highest BCUT2D eigenvalue weighted by molar-refractivity contribution is 6.28. The molecule has 8 nitrogen and oxygen atoms in total. The number of hydrogen-bond acceptors (Lipinski definition) is 5. The Kier molecular flexibility index (Phi) is 11.4. The van der Waals surface area contributed by atoms with Crippen molar-refractivity contribution in [2.45, 2.75) is 45.4 Å². The molecule has 4 N–H and O–H groups in total. The summed E-state index contributed by atoms with van der Waals surface area (Å²) in [6.07, 6.45) is -0.0143. The van der Waals surface area contributed by atoms with Crippen LogP contribution in [0.1, 0.15) is 31.4 Å². The highest BCUT2D eigenvalue weighted by Crippen LogP contribution is 2.09. The van der Waals surface area contributed by atoms with Crippen molar-refractivity contribution in [2.24, 2.45) is 5.92 Å². The zero-order chi connectivity index (χ0) is 22.6. The SMILES string of the molecule is CC(C)CC(NC(=O)C(Cc1ccccc1)NC(=O)OCc1ccccc1)C(=O)C=O.O. The number of aldehydes is 1. The maximum absolute atomic E-state index is 12.9. The lowest BCUT2D eigenvalue weighted by Crippen LogP contribution is -2.53. The summed E-state index contributed by atoms with van der Waals surface area (Å²) in [6, 6.07) is 16.4. The number of ketones is 1. The molecule has 0 saturated heterocycles. The molecule has 8 heteroatoms. The lowest BCUT2D eigenvalue weighted by atomic mass is 9.99. The summed E-state index contributed by atoms with van der Waals surface area (Å²) in [6.45, 7) is 3.84. The Hall–Kier alpha value is -3.52. The minimum atomic E-state index is -0.972. The van der Waals surface area contributed by atoms with Gasteiger partial charge in [-0.1, -0.05) is 74.5 Å². The van der Waals surface area contributed by atoms with Crippen molar-refractivity contribution in [1.29, 1.82) is 0 Å². The summed E-state index contributed by atoms with van der Waals surface area (Å²) in [7, 11) is 0. The van der Waals surface area contributed by atoms with E-state index in [-0.39, 0.29) is 30.7 Å². The van der Waals surface area contributed by atoms with Crippen LogP contribution in [0.3, 0.4) is 0 Å². The average Bonchev–Trinajstić information content (AvgIpc) is 2.77. The summed E-state index contributed by atoms with van der Waals surface area (Å²) >= 11 is 0. The van der Waals surface area contributed by atoms with Gasteiger partial charge in [-0.2, -0.15) is 0 Å². The highest BCUT2D eigenvalue weighted by Gasteiger charge is 2.27. The first-order valence-electron chi connectivity index (χ1n) is 10.2. The van der Waals surface area contributed by atoms with Gasteiger partial charge < -0.3 is 20.8 Å². The van der Waals surface area contributed by atoms with E-state index < -0.39 is 29.9 Å². The van der Waals surface area contributed by atoms with Crippen LogP contribution in [0.4, 0.5) is 4.79 Å². The quantitative estimate of drug-likeness (QED) is 0.406. The van der Waals surface area contributed by atoms with Gasteiger partial charge in [0.25, 0.3) is 0 Å². The molecule has 0 radical (unpaired) electrons. The third-order valence-corrected chi connectivity index (χ3v) is 4.59. The summed E-state index contributed by atoms with van der Waals surface area (Å²) in [5.74, 6) is -1.17. The van der Waals surface area contributed by atoms with Crippen molar-refractivity contribution < 1.29 is 29.4 Å². The molecule has 2 aromatic carbocycles. The van der Waals surface area contributed by atoms with Crippen molar-refractivity contribution >= 4 is 24.1 Å². The monoisotopic (exact) mass is 442 g/mol. The topological polar surface area (TPSA) is 133 Å². The molecule has 0 aliphatic heterocycles. The predicted octanol–water partition coefficient (Wildman–Crippen LogP) is 2.00. The van der Waals surface area contributed by atoms with Gasteiger partial charge >= 0.3 is 6.09 Å². The second kappa shape index (κ2) is 13.7. The maximum Gasteiger partial charge on any atom is 0.408 e. The van der Waals surface area contributed by atoms with Gasteiger partial charge in [-0.05, 0) is 23.5 Å². The summed E-state index contributed by atoms with van der Waals surface area (Å²) in [5, 5.41) is 5.19. The Bertz CT molecular complexity index is 871. The first kappa shape index (κ1) is 26.5. The van der Waals surface area contributed by atoms with Gasteiger partial charge in [0.1, 0.15) is 12.6 Å². The second-order valence-electron chi connectivity index (χ2n) is 7.66. The average molecular weight is 443 g/mol. The highest BCUT2D eigenvalue weighted by atomic mass is 16.5. The molecule has 0 saturated carbocycles.